The van der Waals surface area contributed by atoms with Crippen LogP contribution in [0.25, 0.3) is 0 Å². The van der Waals surface area contributed by atoms with Gasteiger partial charge in [-0.05, 0) is 56.2 Å². The molecule has 3 fully saturated rings. The molecule has 7 nitrogen and oxygen atoms in total. The Morgan fingerprint density at radius 3 is 2.71 bits per heavy atom. The fourth-order valence-electron chi connectivity index (χ4n) is 6.31. The number of hydrogen-bond acceptors (Lipinski definition) is 5. The fourth-order valence-corrected chi connectivity index (χ4v) is 8.72. The fraction of sp³-hybridized carbons (Fsp3) is 0.577. The molecule has 2 N–H and O–H groups in total. The van der Waals surface area contributed by atoms with Crippen LogP contribution >= 0.6 is 11.8 Å². The Labute approximate surface area is 205 Å². The number of nitrogens with zero attached hydrogens (tertiary/aromatic N) is 2. The maximum atomic E-state index is 14.4. The molecule has 0 aliphatic carbocycles. The molecule has 0 saturated carbocycles. The van der Waals surface area contributed by atoms with E-state index in [0.29, 0.717) is 32.4 Å². The van der Waals surface area contributed by atoms with Crippen LogP contribution < -0.4 is 4.90 Å². The van der Waals surface area contributed by atoms with Gasteiger partial charge in [0.2, 0.25) is 5.91 Å². The second kappa shape index (κ2) is 9.38. The van der Waals surface area contributed by atoms with Crippen molar-refractivity contribution < 1.29 is 24.6 Å². The first-order valence-corrected chi connectivity index (χ1v) is 12.9. The number of carboxylic acids is 1. The summed E-state index contributed by atoms with van der Waals surface area (Å²) >= 11 is 1.55. The van der Waals surface area contributed by atoms with Crippen LogP contribution in [0.2, 0.25) is 0 Å². The molecule has 6 atom stereocenters. The number of carbonyl (C=O) groups is 3. The Morgan fingerprint density at radius 1 is 1.32 bits per heavy atom. The van der Waals surface area contributed by atoms with Crippen molar-refractivity contribution >= 4 is 35.2 Å². The summed E-state index contributed by atoms with van der Waals surface area (Å²) in [5.41, 5.74) is 2.76. The number of carbonyl (C=O) groups excluding carboxylic acids is 2. The van der Waals surface area contributed by atoms with E-state index in [-0.39, 0.29) is 29.6 Å². The molecular weight excluding hydrogens is 452 g/mol. The van der Waals surface area contributed by atoms with Crippen LogP contribution in [0.1, 0.15) is 37.3 Å². The molecule has 184 valence electrons. The highest BCUT2D eigenvalue weighted by atomic mass is 32.2. The summed E-state index contributed by atoms with van der Waals surface area (Å²) in [7, 11) is 0. The van der Waals surface area contributed by atoms with Crippen molar-refractivity contribution in [1.29, 1.82) is 0 Å². The minimum Gasteiger partial charge on any atom is -0.481 e. The molecule has 3 saturated heterocycles. The van der Waals surface area contributed by atoms with Gasteiger partial charge < -0.3 is 20.0 Å². The van der Waals surface area contributed by atoms with E-state index in [2.05, 4.69) is 13.5 Å². The predicted molar refractivity (Wildman–Crippen MR) is 133 cm³/mol. The standard InChI is InChI=1S/C26H34N2O5S/c1-5-10-27(18-13-15(2)8-9-16(18)3)24(31)22-26-17(4)14-19(34-26)20(25(32)33)21(26)23(30)28(22)11-6-7-12-29/h5,8-9,13,17,19-22,29H,1,6-7,10-12,14H2,2-4H3,(H,32,33)/t17?,19-,20+,21+,22?,26?/m1/s1. The van der Waals surface area contributed by atoms with E-state index >= 15 is 0 Å². The molecule has 2 amide bonds. The first-order chi connectivity index (χ1) is 16.2. The first-order valence-electron chi connectivity index (χ1n) is 12.0. The zero-order valence-corrected chi connectivity index (χ0v) is 20.9. The molecule has 1 aromatic carbocycles. The van der Waals surface area contributed by atoms with Gasteiger partial charge in [0.25, 0.3) is 5.91 Å². The number of amides is 2. The van der Waals surface area contributed by atoms with Gasteiger partial charge in [0.1, 0.15) is 6.04 Å². The molecule has 8 heteroatoms. The number of likely N-dealkylation sites (tertiary alicyclic amines) is 1. The molecule has 3 aliphatic heterocycles. The summed E-state index contributed by atoms with van der Waals surface area (Å²) in [5.74, 6) is -2.82. The van der Waals surface area contributed by atoms with Crippen LogP contribution in [-0.4, -0.2) is 68.6 Å². The van der Waals surface area contributed by atoms with Crippen LogP contribution in [0.4, 0.5) is 5.69 Å². The summed E-state index contributed by atoms with van der Waals surface area (Å²) in [6.45, 7) is 10.5. The third kappa shape index (κ3) is 3.66. The summed E-state index contributed by atoms with van der Waals surface area (Å²) in [5, 5.41) is 19.2. The first kappa shape index (κ1) is 24.8. The molecule has 2 bridgehead atoms. The van der Waals surface area contributed by atoms with E-state index in [1.807, 2.05) is 32.0 Å². The molecule has 3 unspecified atom stereocenters. The minimum atomic E-state index is -0.953. The minimum absolute atomic E-state index is 0.00523. The number of hydrogen-bond donors (Lipinski definition) is 2. The number of aryl methyl sites for hydroxylation is 2. The molecular formula is C26H34N2O5S. The van der Waals surface area contributed by atoms with Gasteiger partial charge in [0, 0.05) is 30.6 Å². The van der Waals surface area contributed by atoms with Crippen LogP contribution in [-0.2, 0) is 14.4 Å². The smallest absolute Gasteiger partial charge is 0.308 e. The number of carboxylic acid groups (broad SMARTS) is 1. The van der Waals surface area contributed by atoms with E-state index in [4.69, 9.17) is 0 Å². The van der Waals surface area contributed by atoms with Gasteiger partial charge >= 0.3 is 5.97 Å². The Hall–Kier alpha value is -2.32. The average molecular weight is 487 g/mol. The van der Waals surface area contributed by atoms with Crippen molar-refractivity contribution in [3.8, 4) is 0 Å². The lowest BCUT2D eigenvalue weighted by Gasteiger charge is -2.40. The number of unbranched alkanes of at least 4 members (excludes halogenated alkanes) is 1. The van der Waals surface area contributed by atoms with Gasteiger partial charge in [-0.15, -0.1) is 18.3 Å². The number of aliphatic hydroxyl groups excluding tert-OH is 1. The monoisotopic (exact) mass is 486 g/mol. The lowest BCUT2D eigenvalue weighted by molar-refractivity contribution is -0.149. The molecule has 3 aliphatic rings. The number of rotatable bonds is 9. The highest BCUT2D eigenvalue weighted by molar-refractivity contribution is 8.02. The SMILES string of the molecule is C=CCN(C(=O)C1N(CCCCO)C(=O)[C@@H]2[C@@H](C(=O)O)[C@H]3CC(C)C12S3)c1cc(C)ccc1C. The highest BCUT2D eigenvalue weighted by Gasteiger charge is 2.76. The summed E-state index contributed by atoms with van der Waals surface area (Å²) < 4.78 is -0.766. The van der Waals surface area contributed by atoms with E-state index in [1.165, 1.54) is 0 Å². The number of aliphatic hydroxyl groups is 1. The van der Waals surface area contributed by atoms with Crippen molar-refractivity contribution in [2.75, 3.05) is 24.6 Å². The van der Waals surface area contributed by atoms with Gasteiger partial charge in [-0.3, -0.25) is 14.4 Å². The number of aliphatic carboxylic acids is 1. The van der Waals surface area contributed by atoms with Crippen molar-refractivity contribution in [2.45, 2.75) is 56.1 Å². The zero-order valence-electron chi connectivity index (χ0n) is 20.1. The third-order valence-corrected chi connectivity index (χ3v) is 9.88. The third-order valence-electron chi connectivity index (χ3n) is 7.80. The second-order valence-corrected chi connectivity index (χ2v) is 11.4. The van der Waals surface area contributed by atoms with Crippen molar-refractivity contribution in [2.24, 2.45) is 17.8 Å². The van der Waals surface area contributed by atoms with Crippen molar-refractivity contribution in [3.63, 3.8) is 0 Å². The number of anilines is 1. The van der Waals surface area contributed by atoms with E-state index < -0.39 is 28.6 Å². The summed E-state index contributed by atoms with van der Waals surface area (Å²) in [6.07, 6.45) is 3.44. The van der Waals surface area contributed by atoms with Gasteiger partial charge in [-0.1, -0.05) is 25.1 Å². The predicted octanol–water partition coefficient (Wildman–Crippen LogP) is 3.02. The summed E-state index contributed by atoms with van der Waals surface area (Å²) in [4.78, 5) is 43.8. The average Bonchev–Trinajstić information content (AvgIpc) is 3.38. The number of benzene rings is 1. The Balaban J connectivity index is 1.82. The van der Waals surface area contributed by atoms with Gasteiger partial charge in [-0.25, -0.2) is 0 Å². The molecule has 1 aromatic rings. The van der Waals surface area contributed by atoms with Gasteiger partial charge in [-0.2, -0.15) is 0 Å². The van der Waals surface area contributed by atoms with Gasteiger partial charge in [0.05, 0.1) is 16.6 Å². The number of thioether (sulfide) groups is 1. The van der Waals surface area contributed by atoms with E-state index in [9.17, 15) is 24.6 Å². The second-order valence-electron chi connectivity index (χ2n) is 9.88. The number of fused-ring (bicyclic) bond motifs is 1. The Kier molecular flexibility index (Phi) is 6.84. The van der Waals surface area contributed by atoms with E-state index in [0.717, 1.165) is 16.8 Å². The molecule has 34 heavy (non-hydrogen) atoms. The Morgan fingerprint density at radius 2 is 2.06 bits per heavy atom. The van der Waals surface area contributed by atoms with Crippen LogP contribution in [0, 0.1) is 31.6 Å². The molecule has 0 aromatic heterocycles. The molecule has 1 spiro atoms. The maximum Gasteiger partial charge on any atom is 0.308 e. The van der Waals surface area contributed by atoms with Crippen molar-refractivity contribution in [3.05, 3.63) is 42.0 Å². The van der Waals surface area contributed by atoms with Gasteiger partial charge in [0.15, 0.2) is 0 Å². The largest absolute Gasteiger partial charge is 0.481 e. The van der Waals surface area contributed by atoms with Crippen molar-refractivity contribution in [1.82, 2.24) is 4.90 Å². The highest BCUT2D eigenvalue weighted by Crippen LogP contribution is 2.68. The molecule has 3 heterocycles. The zero-order chi connectivity index (χ0) is 24.8. The Bertz CT molecular complexity index is 1010. The van der Waals surface area contributed by atoms with Crippen LogP contribution in [0.15, 0.2) is 30.9 Å². The molecule has 0 radical (unpaired) electrons. The van der Waals surface area contributed by atoms with Crippen LogP contribution in [0.5, 0.6) is 0 Å². The quantitative estimate of drug-likeness (QED) is 0.411. The topological polar surface area (TPSA) is 98.2 Å². The van der Waals surface area contributed by atoms with Crippen LogP contribution in [0.3, 0.4) is 0 Å². The lowest BCUT2D eigenvalue weighted by Crippen LogP contribution is -2.57. The maximum absolute atomic E-state index is 14.4. The normalized spacial score (nSPS) is 31.6. The lowest BCUT2D eigenvalue weighted by atomic mass is 9.66. The molecule has 4 rings (SSSR count). The summed E-state index contributed by atoms with van der Waals surface area (Å²) in [6, 6.07) is 5.20. The van der Waals surface area contributed by atoms with E-state index in [1.54, 1.807) is 27.6 Å².